The number of aromatic nitrogens is 7. The van der Waals surface area contributed by atoms with Crippen molar-refractivity contribution in [3.63, 3.8) is 0 Å². The molecule has 0 bridgehead atoms. The van der Waals surface area contributed by atoms with Crippen LogP contribution in [-0.2, 0) is 17.8 Å². The summed E-state index contributed by atoms with van der Waals surface area (Å²) < 4.78 is 3.70. The quantitative estimate of drug-likeness (QED) is 0.484. The Morgan fingerprint density at radius 2 is 2.06 bits per heavy atom. The van der Waals surface area contributed by atoms with Crippen LogP contribution < -0.4 is 5.73 Å². The van der Waals surface area contributed by atoms with Gasteiger partial charge in [0.1, 0.15) is 23.5 Å². The van der Waals surface area contributed by atoms with Crippen LogP contribution >= 0.6 is 0 Å². The lowest BCUT2D eigenvalue weighted by Gasteiger charge is -2.32. The molecule has 4 heterocycles. The van der Waals surface area contributed by atoms with Crippen LogP contribution in [0.2, 0.25) is 0 Å². The monoisotopic (exact) mass is 445 g/mol. The van der Waals surface area contributed by atoms with E-state index in [-0.39, 0.29) is 11.9 Å². The van der Waals surface area contributed by atoms with E-state index in [0.29, 0.717) is 47.7 Å². The Morgan fingerprint density at radius 3 is 2.88 bits per heavy atom. The smallest absolute Gasteiger partial charge is 0.222 e. The highest BCUT2D eigenvalue weighted by atomic mass is 16.2. The second kappa shape index (κ2) is 8.97. The number of amides is 1. The molecule has 1 amide bonds. The third kappa shape index (κ3) is 4.15. The molecule has 5 rings (SSSR count). The van der Waals surface area contributed by atoms with Crippen molar-refractivity contribution in [1.82, 2.24) is 39.6 Å². The van der Waals surface area contributed by atoms with Crippen LogP contribution in [0.5, 0.6) is 0 Å². The molecule has 0 radical (unpaired) electrons. The molecule has 0 unspecified atom stereocenters. The Morgan fingerprint density at radius 1 is 1.21 bits per heavy atom. The lowest BCUT2D eigenvalue weighted by molar-refractivity contribution is -0.132. The van der Waals surface area contributed by atoms with Crippen LogP contribution in [0.25, 0.3) is 22.4 Å². The number of carbonyl (C=O) groups is 1. The minimum absolute atomic E-state index is 0.0212. The minimum atomic E-state index is 0.0212. The zero-order valence-corrected chi connectivity index (χ0v) is 18.6. The van der Waals surface area contributed by atoms with E-state index in [1.54, 1.807) is 0 Å². The van der Waals surface area contributed by atoms with Crippen LogP contribution in [0, 0.1) is 0 Å². The number of rotatable bonds is 6. The second-order valence-corrected chi connectivity index (χ2v) is 8.34. The number of hydrogen-bond donors (Lipinski definition) is 1. The second-order valence-electron chi connectivity index (χ2n) is 8.34. The van der Waals surface area contributed by atoms with Gasteiger partial charge in [0.15, 0.2) is 5.65 Å². The van der Waals surface area contributed by atoms with Gasteiger partial charge in [0.05, 0.1) is 17.6 Å². The van der Waals surface area contributed by atoms with Gasteiger partial charge in [-0.2, -0.15) is 5.10 Å². The number of nitrogens with zero attached hydrogens (tertiary/aromatic N) is 8. The Bertz CT molecular complexity index is 1260. The van der Waals surface area contributed by atoms with Crippen molar-refractivity contribution in [2.24, 2.45) is 0 Å². The van der Waals surface area contributed by atoms with Gasteiger partial charge in [-0.25, -0.2) is 14.6 Å². The molecule has 4 aromatic rings. The van der Waals surface area contributed by atoms with Crippen LogP contribution in [0.3, 0.4) is 0 Å². The van der Waals surface area contributed by atoms with Gasteiger partial charge in [-0.15, -0.1) is 5.10 Å². The molecule has 0 spiro atoms. The first kappa shape index (κ1) is 21.0. The van der Waals surface area contributed by atoms with Crippen molar-refractivity contribution in [3.8, 4) is 11.4 Å². The number of nitrogen functional groups attached to an aromatic ring is 1. The van der Waals surface area contributed by atoms with Gasteiger partial charge in [-0.05, 0) is 24.8 Å². The van der Waals surface area contributed by atoms with E-state index in [0.717, 1.165) is 25.8 Å². The van der Waals surface area contributed by atoms with Gasteiger partial charge in [0.25, 0.3) is 0 Å². The summed E-state index contributed by atoms with van der Waals surface area (Å²) in [6.07, 6.45) is 6.52. The maximum absolute atomic E-state index is 12.3. The topological polar surface area (TPSA) is 121 Å². The number of nitrogens with two attached hydrogens (primary N) is 1. The van der Waals surface area contributed by atoms with Crippen molar-refractivity contribution in [2.75, 3.05) is 18.8 Å². The fourth-order valence-electron chi connectivity index (χ4n) is 4.44. The molecule has 1 fully saturated rings. The van der Waals surface area contributed by atoms with Gasteiger partial charge in [-0.1, -0.05) is 42.5 Å². The largest absolute Gasteiger partial charge is 0.383 e. The van der Waals surface area contributed by atoms with E-state index in [2.05, 4.69) is 32.4 Å². The Labute approximate surface area is 191 Å². The fourth-order valence-corrected chi connectivity index (χ4v) is 4.44. The number of benzene rings is 1. The van der Waals surface area contributed by atoms with Crippen LogP contribution in [0.4, 0.5) is 5.82 Å². The highest BCUT2D eigenvalue weighted by Gasteiger charge is 2.28. The lowest BCUT2D eigenvalue weighted by atomic mass is 10.1. The summed E-state index contributed by atoms with van der Waals surface area (Å²) in [6.45, 7) is 3.99. The number of hydrogen-bond acceptors (Lipinski definition) is 7. The summed E-state index contributed by atoms with van der Waals surface area (Å²) >= 11 is 0. The maximum atomic E-state index is 12.3. The van der Waals surface area contributed by atoms with Crippen molar-refractivity contribution >= 4 is 22.8 Å². The van der Waals surface area contributed by atoms with Crippen LogP contribution in [0.1, 0.15) is 37.8 Å². The van der Waals surface area contributed by atoms with Gasteiger partial charge in [-0.3, -0.25) is 9.48 Å². The summed E-state index contributed by atoms with van der Waals surface area (Å²) in [6, 6.07) is 10.3. The van der Waals surface area contributed by atoms with E-state index in [1.807, 2.05) is 45.6 Å². The first-order chi connectivity index (χ1) is 16.1. The molecule has 170 valence electrons. The lowest BCUT2D eigenvalue weighted by Crippen LogP contribution is -2.40. The van der Waals surface area contributed by atoms with E-state index in [4.69, 9.17) is 10.8 Å². The number of fused-ring (bicyclic) bond motifs is 1. The van der Waals surface area contributed by atoms with Crippen molar-refractivity contribution < 1.29 is 4.79 Å². The molecule has 1 aliphatic heterocycles. The Kier molecular flexibility index (Phi) is 5.72. The maximum Gasteiger partial charge on any atom is 0.222 e. The molecule has 1 aliphatic rings. The number of anilines is 1. The molecular weight excluding hydrogens is 418 g/mol. The summed E-state index contributed by atoms with van der Waals surface area (Å²) in [7, 11) is 0. The third-order valence-electron chi connectivity index (χ3n) is 6.17. The molecule has 33 heavy (non-hydrogen) atoms. The zero-order chi connectivity index (χ0) is 22.8. The predicted octanol–water partition coefficient (Wildman–Crippen LogP) is 2.48. The SMILES string of the molecule is CCC(=O)N1CCC[C@@H](n2nc(-c3cn(CCc4ccccc4)nn3)c3c(N)ncnc32)C1. The Hall–Kier alpha value is -3.82. The summed E-state index contributed by atoms with van der Waals surface area (Å²) in [5.74, 6) is 0.518. The van der Waals surface area contributed by atoms with Gasteiger partial charge >= 0.3 is 0 Å². The minimum Gasteiger partial charge on any atom is -0.383 e. The van der Waals surface area contributed by atoms with Crippen molar-refractivity contribution in [3.05, 3.63) is 48.4 Å². The summed E-state index contributed by atoms with van der Waals surface area (Å²) in [4.78, 5) is 22.9. The summed E-state index contributed by atoms with van der Waals surface area (Å²) in [5.41, 5.74) is 9.40. The Balaban J connectivity index is 1.46. The number of likely N-dealkylation sites (tertiary alicyclic amines) is 1. The van der Waals surface area contributed by atoms with Gasteiger partial charge in [0, 0.05) is 26.1 Å². The van der Waals surface area contributed by atoms with E-state index in [9.17, 15) is 4.79 Å². The van der Waals surface area contributed by atoms with Gasteiger partial charge < -0.3 is 10.6 Å². The highest BCUT2D eigenvalue weighted by Crippen LogP contribution is 2.32. The normalized spacial score (nSPS) is 16.4. The molecule has 0 saturated carbocycles. The fraction of sp³-hybridized carbons (Fsp3) is 0.391. The van der Waals surface area contributed by atoms with Crippen molar-refractivity contribution in [1.29, 1.82) is 0 Å². The molecule has 2 N–H and O–H groups in total. The zero-order valence-electron chi connectivity index (χ0n) is 18.6. The number of carbonyl (C=O) groups excluding carboxylic acids is 1. The number of piperidine rings is 1. The molecule has 3 aromatic heterocycles. The molecule has 10 nitrogen and oxygen atoms in total. The van der Waals surface area contributed by atoms with Crippen molar-refractivity contribution in [2.45, 2.75) is 45.2 Å². The molecule has 0 aliphatic carbocycles. The molecule has 1 aromatic carbocycles. The van der Waals surface area contributed by atoms with E-state index in [1.165, 1.54) is 11.9 Å². The van der Waals surface area contributed by atoms with Gasteiger partial charge in [0.2, 0.25) is 5.91 Å². The molecule has 1 saturated heterocycles. The average Bonchev–Trinajstić information content (AvgIpc) is 3.48. The highest BCUT2D eigenvalue weighted by molar-refractivity contribution is 5.97. The van der Waals surface area contributed by atoms with E-state index < -0.39 is 0 Å². The third-order valence-corrected chi connectivity index (χ3v) is 6.17. The van der Waals surface area contributed by atoms with E-state index >= 15 is 0 Å². The number of aryl methyl sites for hydroxylation is 2. The van der Waals surface area contributed by atoms with Crippen LogP contribution in [-0.4, -0.2) is 58.6 Å². The standard InChI is InChI=1S/C23H27N9O/c1-2-19(33)30-11-6-9-17(13-30)32-23-20(22(24)25-15-26-23)21(28-32)18-14-31(29-27-18)12-10-16-7-4-3-5-8-16/h3-5,7-8,14-15,17H,2,6,9-13H2,1H3,(H2,24,25,26)/t17-/m1/s1. The molecule has 10 heteroatoms. The summed E-state index contributed by atoms with van der Waals surface area (Å²) in [5, 5.41) is 14.2. The molecule has 1 atom stereocenters. The average molecular weight is 446 g/mol. The van der Waals surface area contributed by atoms with Crippen LogP contribution in [0.15, 0.2) is 42.9 Å². The molecular formula is C23H27N9O. The first-order valence-corrected chi connectivity index (χ1v) is 11.3. The first-order valence-electron chi connectivity index (χ1n) is 11.3. The predicted molar refractivity (Wildman–Crippen MR) is 124 cm³/mol.